The highest BCUT2D eigenvalue weighted by Crippen LogP contribution is 2.16. The zero-order valence-corrected chi connectivity index (χ0v) is 15.8. The van der Waals surface area contributed by atoms with E-state index in [4.69, 9.17) is 9.16 Å². The lowest BCUT2D eigenvalue weighted by atomic mass is 10.2. The van der Waals surface area contributed by atoms with E-state index in [1.807, 2.05) is 50.2 Å². The van der Waals surface area contributed by atoms with E-state index in [2.05, 4.69) is 4.99 Å². The van der Waals surface area contributed by atoms with Gasteiger partial charge in [0, 0.05) is 11.8 Å². The first kappa shape index (κ1) is 18.8. The van der Waals surface area contributed by atoms with Gasteiger partial charge in [0.1, 0.15) is 11.8 Å². The van der Waals surface area contributed by atoms with Crippen LogP contribution in [0.5, 0.6) is 5.75 Å². The van der Waals surface area contributed by atoms with E-state index in [0.29, 0.717) is 6.42 Å². The first-order valence-electron chi connectivity index (χ1n) is 7.25. The van der Waals surface area contributed by atoms with E-state index < -0.39 is 14.4 Å². The van der Waals surface area contributed by atoms with Crippen molar-refractivity contribution in [2.45, 2.75) is 32.1 Å². The molecule has 0 radical (unpaired) electrons. The number of carbonyl (C=O) groups is 1. The van der Waals surface area contributed by atoms with Crippen LogP contribution in [0.25, 0.3) is 0 Å². The molecule has 1 atom stereocenters. The van der Waals surface area contributed by atoms with Gasteiger partial charge in [0.15, 0.2) is 0 Å². The van der Waals surface area contributed by atoms with Gasteiger partial charge in [-0.1, -0.05) is 12.1 Å². The van der Waals surface area contributed by atoms with Crippen molar-refractivity contribution < 1.29 is 14.0 Å². The summed E-state index contributed by atoms with van der Waals surface area (Å²) in [6.07, 6.45) is 4.40. The largest absolute Gasteiger partial charge is 0.518 e. The van der Waals surface area contributed by atoms with Crippen LogP contribution in [-0.4, -0.2) is 45.7 Å². The number of thioether (sulfide) groups is 1. The molecular weight excluding hydrogens is 314 g/mol. The van der Waals surface area contributed by atoms with Gasteiger partial charge in [0.25, 0.3) is 0 Å². The zero-order valence-electron chi connectivity index (χ0n) is 14.0. The molecule has 4 nitrogen and oxygen atoms in total. The van der Waals surface area contributed by atoms with Gasteiger partial charge in [0.05, 0.1) is 7.11 Å². The van der Waals surface area contributed by atoms with Crippen molar-refractivity contribution in [1.29, 1.82) is 0 Å². The number of methoxy groups -OCH3 is 1. The van der Waals surface area contributed by atoms with E-state index >= 15 is 0 Å². The van der Waals surface area contributed by atoms with Crippen molar-refractivity contribution in [1.82, 2.24) is 0 Å². The lowest BCUT2D eigenvalue weighted by molar-refractivity contribution is -0.136. The SMILES string of the molecule is COc1ccccc1C=NC(CCSC)C(=O)O[Si](C)(C)C. The predicted octanol–water partition coefficient (Wildman–Crippen LogP) is 3.61. The molecule has 0 aliphatic rings. The second-order valence-electron chi connectivity index (χ2n) is 5.85. The van der Waals surface area contributed by atoms with Crippen molar-refractivity contribution in [2.24, 2.45) is 4.99 Å². The second-order valence-corrected chi connectivity index (χ2v) is 11.3. The minimum Gasteiger partial charge on any atom is -0.518 e. The molecule has 0 aromatic heterocycles. The van der Waals surface area contributed by atoms with Crippen LogP contribution >= 0.6 is 11.8 Å². The molecule has 122 valence electrons. The van der Waals surface area contributed by atoms with E-state index in [0.717, 1.165) is 17.1 Å². The van der Waals surface area contributed by atoms with Gasteiger partial charge < -0.3 is 9.16 Å². The molecule has 22 heavy (non-hydrogen) atoms. The molecule has 0 amide bonds. The Bertz CT molecular complexity index is 514. The molecule has 1 unspecified atom stereocenters. The highest BCUT2D eigenvalue weighted by Gasteiger charge is 2.25. The first-order chi connectivity index (χ1) is 10.4. The fourth-order valence-corrected chi connectivity index (χ4v) is 2.99. The third-order valence-corrected chi connectivity index (χ3v) is 4.26. The second kappa shape index (κ2) is 9.00. The Kier molecular flexibility index (Phi) is 7.68. The van der Waals surface area contributed by atoms with Crippen molar-refractivity contribution in [3.8, 4) is 5.75 Å². The Hall–Kier alpha value is -1.27. The Morgan fingerprint density at radius 3 is 2.64 bits per heavy atom. The molecule has 1 rings (SSSR count). The summed E-state index contributed by atoms with van der Waals surface area (Å²) in [7, 11) is -0.281. The third kappa shape index (κ3) is 6.66. The quantitative estimate of drug-likeness (QED) is 0.536. The van der Waals surface area contributed by atoms with Crippen LogP contribution in [0, 0.1) is 0 Å². The van der Waals surface area contributed by atoms with Crippen LogP contribution in [0.15, 0.2) is 29.3 Å². The standard InChI is InChI=1S/C16H25NO3SSi/c1-19-15-9-7-6-8-13(15)12-17-14(10-11-21-2)16(18)20-22(3,4)5/h6-9,12,14H,10-11H2,1-5H3. The van der Waals surface area contributed by atoms with Gasteiger partial charge in [-0.2, -0.15) is 11.8 Å². The molecule has 0 fully saturated rings. The third-order valence-electron chi connectivity index (χ3n) is 2.81. The molecule has 0 N–H and O–H groups in total. The van der Waals surface area contributed by atoms with Crippen molar-refractivity contribution in [2.75, 3.05) is 19.1 Å². The summed E-state index contributed by atoms with van der Waals surface area (Å²) in [5, 5.41) is 0. The molecule has 0 spiro atoms. The summed E-state index contributed by atoms with van der Waals surface area (Å²) in [6, 6.07) is 7.16. The molecule has 0 bridgehead atoms. The molecule has 0 aliphatic carbocycles. The Morgan fingerprint density at radius 2 is 2.05 bits per heavy atom. The van der Waals surface area contributed by atoms with E-state index in [-0.39, 0.29) is 5.97 Å². The fraction of sp³-hybridized carbons (Fsp3) is 0.500. The number of para-hydroxylation sites is 1. The number of hydrogen-bond donors (Lipinski definition) is 0. The van der Waals surface area contributed by atoms with E-state index in [1.54, 1.807) is 25.1 Å². The van der Waals surface area contributed by atoms with E-state index in [9.17, 15) is 4.79 Å². The lowest BCUT2D eigenvalue weighted by Crippen LogP contribution is -2.34. The van der Waals surface area contributed by atoms with Gasteiger partial charge in [0.2, 0.25) is 8.32 Å². The maximum atomic E-state index is 12.3. The Morgan fingerprint density at radius 1 is 1.36 bits per heavy atom. The van der Waals surface area contributed by atoms with Gasteiger partial charge >= 0.3 is 5.97 Å². The number of benzene rings is 1. The molecular formula is C16H25NO3SSi. The molecule has 6 heteroatoms. The summed E-state index contributed by atoms with van der Waals surface area (Å²) in [6.45, 7) is 6.00. The highest BCUT2D eigenvalue weighted by molar-refractivity contribution is 7.98. The van der Waals surface area contributed by atoms with Gasteiger partial charge in [-0.3, -0.25) is 9.79 Å². The summed E-state index contributed by atoms with van der Waals surface area (Å²) in [4.78, 5) is 16.8. The first-order valence-corrected chi connectivity index (χ1v) is 12.1. The topological polar surface area (TPSA) is 47.9 Å². The number of carbonyl (C=O) groups excluding carboxylic acids is 1. The van der Waals surface area contributed by atoms with Crippen LogP contribution in [-0.2, 0) is 9.22 Å². The number of hydrogen-bond acceptors (Lipinski definition) is 5. The predicted molar refractivity (Wildman–Crippen MR) is 96.8 cm³/mol. The monoisotopic (exact) mass is 339 g/mol. The fourth-order valence-electron chi connectivity index (χ4n) is 1.80. The normalized spacial score (nSPS) is 13.1. The Labute approximate surface area is 138 Å². The van der Waals surface area contributed by atoms with Gasteiger partial charge in [-0.25, -0.2) is 0 Å². The minimum atomic E-state index is -1.90. The summed E-state index contributed by atoms with van der Waals surface area (Å²) in [5.74, 6) is 1.39. The molecule has 0 heterocycles. The lowest BCUT2D eigenvalue weighted by Gasteiger charge is -2.20. The number of aliphatic imine (C=N–C) groups is 1. The average molecular weight is 340 g/mol. The van der Waals surface area contributed by atoms with E-state index in [1.165, 1.54) is 0 Å². The van der Waals surface area contributed by atoms with Crippen molar-refractivity contribution in [3.05, 3.63) is 29.8 Å². The average Bonchev–Trinajstić information content (AvgIpc) is 2.45. The highest BCUT2D eigenvalue weighted by atomic mass is 32.2. The van der Waals surface area contributed by atoms with Crippen molar-refractivity contribution >= 4 is 32.3 Å². The summed E-state index contributed by atoms with van der Waals surface area (Å²) < 4.78 is 10.9. The molecule has 1 aromatic rings. The van der Waals surface area contributed by atoms with Crippen LogP contribution in [0.2, 0.25) is 19.6 Å². The maximum absolute atomic E-state index is 12.3. The maximum Gasteiger partial charge on any atom is 0.317 e. The van der Waals surface area contributed by atoms with Crippen LogP contribution in [0.3, 0.4) is 0 Å². The van der Waals surface area contributed by atoms with Crippen molar-refractivity contribution in [3.63, 3.8) is 0 Å². The van der Waals surface area contributed by atoms with Crippen LogP contribution < -0.4 is 4.74 Å². The molecule has 0 saturated carbocycles. The summed E-state index contributed by atoms with van der Waals surface area (Å²) in [5.41, 5.74) is 0.861. The van der Waals surface area contributed by atoms with Crippen LogP contribution in [0.1, 0.15) is 12.0 Å². The smallest absolute Gasteiger partial charge is 0.317 e. The molecule has 1 aromatic carbocycles. The molecule has 0 aliphatic heterocycles. The van der Waals surface area contributed by atoms with Gasteiger partial charge in [-0.05, 0) is 50.2 Å². The number of rotatable bonds is 8. The number of nitrogens with zero attached hydrogens (tertiary/aromatic N) is 1. The van der Waals surface area contributed by atoms with Gasteiger partial charge in [-0.15, -0.1) is 0 Å². The Balaban J connectivity index is 2.88. The molecule has 0 saturated heterocycles. The number of ether oxygens (including phenoxy) is 1. The van der Waals surface area contributed by atoms with Crippen LogP contribution in [0.4, 0.5) is 0 Å². The minimum absolute atomic E-state index is 0.223. The zero-order chi connectivity index (χ0) is 16.6. The summed E-state index contributed by atoms with van der Waals surface area (Å²) >= 11 is 1.70.